The lowest BCUT2D eigenvalue weighted by Gasteiger charge is -2.14. The molecule has 0 amide bonds. The highest BCUT2D eigenvalue weighted by Crippen LogP contribution is 2.15. The number of carbonyl (C=O) groups is 1. The number of hydrogen-bond acceptors (Lipinski definition) is 4. The Bertz CT molecular complexity index is 176. The standard InChI is InChI=1S/C9H17FO4/c1-5-6-7(10)12-14-13-8(11)9(2,3)4/h7H,5-6H2,1-4H3. The molecular weight excluding hydrogens is 191 g/mol. The smallest absolute Gasteiger partial charge is 0.268 e. The van der Waals surface area contributed by atoms with Crippen LogP contribution in [0.4, 0.5) is 4.39 Å². The summed E-state index contributed by atoms with van der Waals surface area (Å²) < 4.78 is 12.6. The maximum atomic E-state index is 12.6. The van der Waals surface area contributed by atoms with Crippen LogP contribution in [-0.4, -0.2) is 12.3 Å². The zero-order valence-electron chi connectivity index (χ0n) is 9.00. The first-order valence-corrected chi connectivity index (χ1v) is 4.56. The Morgan fingerprint density at radius 3 is 2.43 bits per heavy atom. The SMILES string of the molecule is CCCC(F)OOOC(=O)C(C)(C)C. The van der Waals surface area contributed by atoms with Crippen LogP contribution in [0.3, 0.4) is 0 Å². The molecule has 0 rings (SSSR count). The molecule has 0 spiro atoms. The summed E-state index contributed by atoms with van der Waals surface area (Å²) in [6, 6.07) is 0. The molecule has 0 aliphatic heterocycles. The van der Waals surface area contributed by atoms with Crippen molar-refractivity contribution in [1.29, 1.82) is 0 Å². The molecule has 1 unspecified atom stereocenters. The van der Waals surface area contributed by atoms with Gasteiger partial charge in [0.25, 0.3) is 0 Å². The number of halogens is 1. The van der Waals surface area contributed by atoms with E-state index in [4.69, 9.17) is 0 Å². The molecule has 0 saturated carbocycles. The van der Waals surface area contributed by atoms with Crippen molar-refractivity contribution in [1.82, 2.24) is 0 Å². The van der Waals surface area contributed by atoms with Gasteiger partial charge >= 0.3 is 5.97 Å². The summed E-state index contributed by atoms with van der Waals surface area (Å²) in [6.07, 6.45) is -0.738. The second kappa shape index (κ2) is 5.93. The number of hydrogen-bond donors (Lipinski definition) is 0. The van der Waals surface area contributed by atoms with E-state index in [1.54, 1.807) is 27.7 Å². The molecule has 0 aromatic carbocycles. The van der Waals surface area contributed by atoms with Gasteiger partial charge in [-0.25, -0.2) is 9.18 Å². The highest BCUT2D eigenvalue weighted by Gasteiger charge is 2.25. The van der Waals surface area contributed by atoms with Crippen LogP contribution >= 0.6 is 0 Å². The predicted molar refractivity (Wildman–Crippen MR) is 47.5 cm³/mol. The number of alkyl halides is 1. The van der Waals surface area contributed by atoms with Crippen molar-refractivity contribution >= 4 is 5.97 Å². The van der Waals surface area contributed by atoms with Gasteiger partial charge < -0.3 is 0 Å². The largest absolute Gasteiger partial charge is 0.350 e. The van der Waals surface area contributed by atoms with Crippen molar-refractivity contribution < 1.29 is 24.0 Å². The minimum atomic E-state index is -1.56. The summed E-state index contributed by atoms with van der Waals surface area (Å²) >= 11 is 0. The minimum absolute atomic E-state index is 0.201. The molecule has 14 heavy (non-hydrogen) atoms. The lowest BCUT2D eigenvalue weighted by atomic mass is 9.98. The van der Waals surface area contributed by atoms with E-state index in [2.05, 4.69) is 14.8 Å². The Morgan fingerprint density at radius 2 is 2.00 bits per heavy atom. The molecule has 0 heterocycles. The van der Waals surface area contributed by atoms with Crippen LogP contribution < -0.4 is 0 Å². The van der Waals surface area contributed by atoms with Crippen molar-refractivity contribution in [2.24, 2.45) is 5.41 Å². The summed E-state index contributed by atoms with van der Waals surface area (Å²) in [5, 5.41) is 4.01. The van der Waals surface area contributed by atoms with Gasteiger partial charge in [-0.3, -0.25) is 4.89 Å². The Hall–Kier alpha value is -0.680. The Balaban J connectivity index is 3.59. The van der Waals surface area contributed by atoms with Crippen molar-refractivity contribution in [2.75, 3.05) is 0 Å². The molecule has 0 aromatic rings. The first-order valence-electron chi connectivity index (χ1n) is 4.56. The van der Waals surface area contributed by atoms with Crippen LogP contribution in [0.15, 0.2) is 0 Å². The van der Waals surface area contributed by atoms with Gasteiger partial charge in [-0.2, -0.15) is 4.89 Å². The topological polar surface area (TPSA) is 44.8 Å². The van der Waals surface area contributed by atoms with E-state index in [1.165, 1.54) is 0 Å². The third-order valence-electron chi connectivity index (χ3n) is 1.38. The maximum absolute atomic E-state index is 12.6. The lowest BCUT2D eigenvalue weighted by molar-refractivity contribution is -0.516. The van der Waals surface area contributed by atoms with Crippen molar-refractivity contribution in [3.05, 3.63) is 0 Å². The fourth-order valence-electron chi connectivity index (χ4n) is 0.493. The van der Waals surface area contributed by atoms with E-state index in [-0.39, 0.29) is 6.42 Å². The second-order valence-electron chi connectivity index (χ2n) is 3.98. The van der Waals surface area contributed by atoms with Crippen molar-refractivity contribution in [3.63, 3.8) is 0 Å². The molecular formula is C9H17FO4. The van der Waals surface area contributed by atoms with Crippen LogP contribution in [0.5, 0.6) is 0 Å². The lowest BCUT2D eigenvalue weighted by Crippen LogP contribution is -2.23. The van der Waals surface area contributed by atoms with Crippen molar-refractivity contribution in [2.45, 2.75) is 46.9 Å². The zero-order valence-corrected chi connectivity index (χ0v) is 9.00. The third-order valence-corrected chi connectivity index (χ3v) is 1.38. The van der Waals surface area contributed by atoms with Gasteiger partial charge in [0, 0.05) is 6.42 Å². The summed E-state index contributed by atoms with van der Waals surface area (Å²) in [4.78, 5) is 19.4. The van der Waals surface area contributed by atoms with E-state index in [0.717, 1.165) is 0 Å². The van der Waals surface area contributed by atoms with Gasteiger partial charge in [-0.15, -0.1) is 0 Å². The zero-order chi connectivity index (χ0) is 11.2. The van der Waals surface area contributed by atoms with Crippen LogP contribution in [0.1, 0.15) is 40.5 Å². The monoisotopic (exact) mass is 208 g/mol. The summed E-state index contributed by atoms with van der Waals surface area (Å²) in [6.45, 7) is 6.75. The maximum Gasteiger partial charge on any atom is 0.350 e. The van der Waals surface area contributed by atoms with Gasteiger partial charge in [0.1, 0.15) is 0 Å². The first kappa shape index (κ1) is 13.3. The van der Waals surface area contributed by atoms with E-state index >= 15 is 0 Å². The molecule has 84 valence electrons. The first-order chi connectivity index (χ1) is 6.38. The van der Waals surface area contributed by atoms with Crippen LogP contribution in [0, 0.1) is 5.41 Å². The fourth-order valence-corrected chi connectivity index (χ4v) is 0.493. The van der Waals surface area contributed by atoms with Crippen LogP contribution in [-0.2, 0) is 19.6 Å². The Kier molecular flexibility index (Phi) is 5.64. The van der Waals surface area contributed by atoms with Gasteiger partial charge in [-0.1, -0.05) is 13.3 Å². The molecule has 0 saturated heterocycles. The Morgan fingerprint density at radius 1 is 1.43 bits per heavy atom. The van der Waals surface area contributed by atoms with E-state index < -0.39 is 17.7 Å². The molecule has 0 N–H and O–H groups in total. The molecule has 0 aliphatic carbocycles. The molecule has 0 aliphatic rings. The average molecular weight is 208 g/mol. The van der Waals surface area contributed by atoms with Gasteiger partial charge in [-0.05, 0) is 25.8 Å². The van der Waals surface area contributed by atoms with Gasteiger partial charge in [0.2, 0.25) is 6.36 Å². The normalized spacial score (nSPS) is 13.8. The Labute approximate surface area is 83.2 Å². The fraction of sp³-hybridized carbons (Fsp3) is 0.889. The van der Waals surface area contributed by atoms with Crippen LogP contribution in [0.25, 0.3) is 0 Å². The molecule has 0 bridgehead atoms. The summed E-state index contributed by atoms with van der Waals surface area (Å²) in [5.41, 5.74) is -0.695. The molecule has 4 nitrogen and oxygen atoms in total. The van der Waals surface area contributed by atoms with E-state index in [1.807, 2.05) is 0 Å². The highest BCUT2D eigenvalue weighted by atomic mass is 19.1. The van der Waals surface area contributed by atoms with Crippen molar-refractivity contribution in [3.8, 4) is 0 Å². The third kappa shape index (κ3) is 5.88. The van der Waals surface area contributed by atoms with Gasteiger partial charge in [0.05, 0.1) is 5.41 Å². The molecule has 1 atom stereocenters. The average Bonchev–Trinajstić information content (AvgIpc) is 2.02. The van der Waals surface area contributed by atoms with Gasteiger partial charge in [0.15, 0.2) is 0 Å². The van der Waals surface area contributed by atoms with E-state index in [9.17, 15) is 9.18 Å². The number of carbonyl (C=O) groups excluding carboxylic acids is 1. The van der Waals surface area contributed by atoms with Crippen LogP contribution in [0.2, 0.25) is 0 Å². The number of rotatable bonds is 5. The molecule has 0 radical (unpaired) electrons. The summed E-state index contributed by atoms with van der Waals surface area (Å²) in [5.74, 6) is -0.610. The molecule has 0 fully saturated rings. The van der Waals surface area contributed by atoms with E-state index in [0.29, 0.717) is 6.42 Å². The quantitative estimate of drug-likeness (QED) is 0.514. The minimum Gasteiger partial charge on any atom is -0.268 e. The predicted octanol–water partition coefficient (Wildman–Crippen LogP) is 2.53. The highest BCUT2D eigenvalue weighted by molar-refractivity contribution is 5.74. The second-order valence-corrected chi connectivity index (χ2v) is 3.98. The molecule has 0 aromatic heterocycles. The molecule has 5 heteroatoms. The summed E-state index contributed by atoms with van der Waals surface area (Å²) in [7, 11) is 0.